The summed E-state index contributed by atoms with van der Waals surface area (Å²) in [4.78, 5) is 11.2. The van der Waals surface area contributed by atoms with Crippen LogP contribution in [0.25, 0.3) is 0 Å². The first-order chi connectivity index (χ1) is 7.83. The van der Waals surface area contributed by atoms with E-state index < -0.39 is 25.5 Å². The number of phosphoric ester groups is 1. The molecule has 0 aromatic rings. The topological polar surface area (TPSA) is 77.1 Å². The van der Waals surface area contributed by atoms with E-state index >= 15 is 0 Å². The van der Waals surface area contributed by atoms with Gasteiger partial charge in [0.05, 0.1) is 19.3 Å². The molecule has 2 rings (SSSR count). The summed E-state index contributed by atoms with van der Waals surface area (Å²) in [7, 11) is 1.46. The summed E-state index contributed by atoms with van der Waals surface area (Å²) in [6, 6.07) is -0.558. The predicted molar refractivity (Wildman–Crippen MR) is 57.5 cm³/mol. The quantitative estimate of drug-likeness (QED) is 0.523. The standard InChI is InChI=1S/C9H16BO6P/c1-6(2)13-4-9-5-14-17(11,12)16-7(9)3-8(10)15-9/h6-8H,3-5H2,1-2H3,(H,11,12)/p-1/t7?,8-,9+/m1/s1. The van der Waals surface area contributed by atoms with Gasteiger partial charge in [0.25, 0.3) is 7.82 Å². The van der Waals surface area contributed by atoms with Crippen LogP contribution in [0.2, 0.25) is 0 Å². The van der Waals surface area contributed by atoms with Crippen molar-refractivity contribution < 1.29 is 28.0 Å². The molecule has 96 valence electrons. The van der Waals surface area contributed by atoms with E-state index in [0.717, 1.165) is 0 Å². The van der Waals surface area contributed by atoms with Gasteiger partial charge in [0.1, 0.15) is 19.6 Å². The fraction of sp³-hybridized carbons (Fsp3) is 1.00. The summed E-state index contributed by atoms with van der Waals surface area (Å²) in [5.41, 5.74) is -0.915. The zero-order valence-electron chi connectivity index (χ0n) is 9.83. The molecule has 2 aliphatic rings. The normalized spacial score (nSPS) is 46.1. The molecule has 2 aliphatic heterocycles. The highest BCUT2D eigenvalue weighted by Crippen LogP contribution is 2.51. The zero-order valence-corrected chi connectivity index (χ0v) is 10.7. The van der Waals surface area contributed by atoms with Gasteiger partial charge < -0.3 is 23.4 Å². The third-order valence-corrected chi connectivity index (χ3v) is 3.76. The van der Waals surface area contributed by atoms with Crippen molar-refractivity contribution in [2.24, 2.45) is 0 Å². The fourth-order valence-electron chi connectivity index (χ4n) is 1.97. The molecule has 2 radical (unpaired) electrons. The minimum Gasteiger partial charge on any atom is -0.756 e. The van der Waals surface area contributed by atoms with Crippen LogP contribution in [0.4, 0.5) is 0 Å². The molecular formula is C9H15BO6P-. The summed E-state index contributed by atoms with van der Waals surface area (Å²) in [5, 5.41) is 0. The van der Waals surface area contributed by atoms with Crippen molar-refractivity contribution >= 4 is 15.7 Å². The van der Waals surface area contributed by atoms with Gasteiger partial charge in [-0.25, -0.2) is 0 Å². The lowest BCUT2D eigenvalue weighted by atomic mass is 9.93. The molecule has 4 atom stereocenters. The van der Waals surface area contributed by atoms with E-state index in [1.165, 1.54) is 0 Å². The number of hydrogen-bond acceptors (Lipinski definition) is 6. The molecule has 0 aromatic carbocycles. The van der Waals surface area contributed by atoms with E-state index in [2.05, 4.69) is 4.52 Å². The molecule has 17 heavy (non-hydrogen) atoms. The van der Waals surface area contributed by atoms with Crippen LogP contribution in [-0.2, 0) is 23.1 Å². The van der Waals surface area contributed by atoms with Crippen LogP contribution in [0.5, 0.6) is 0 Å². The van der Waals surface area contributed by atoms with E-state index in [9.17, 15) is 9.46 Å². The summed E-state index contributed by atoms with van der Waals surface area (Å²) >= 11 is 0. The Balaban J connectivity index is 2.10. The molecule has 0 saturated carbocycles. The Morgan fingerprint density at radius 3 is 3.00 bits per heavy atom. The van der Waals surface area contributed by atoms with Gasteiger partial charge in [-0.3, -0.25) is 4.57 Å². The largest absolute Gasteiger partial charge is 0.756 e. The highest BCUT2D eigenvalue weighted by molar-refractivity contribution is 7.45. The highest BCUT2D eigenvalue weighted by Gasteiger charge is 2.53. The van der Waals surface area contributed by atoms with Gasteiger partial charge >= 0.3 is 0 Å². The second-order valence-corrected chi connectivity index (χ2v) is 5.99. The summed E-state index contributed by atoms with van der Waals surface area (Å²) in [6.45, 7) is 3.84. The maximum absolute atomic E-state index is 11.2. The Bertz CT molecular complexity index is 337. The first kappa shape index (κ1) is 13.5. The summed E-state index contributed by atoms with van der Waals surface area (Å²) in [6.07, 6.45) is -0.309. The Morgan fingerprint density at radius 2 is 2.35 bits per heavy atom. The van der Waals surface area contributed by atoms with Crippen LogP contribution in [0.3, 0.4) is 0 Å². The number of ether oxygens (including phenoxy) is 2. The molecule has 6 nitrogen and oxygen atoms in total. The van der Waals surface area contributed by atoms with E-state index in [1.807, 2.05) is 13.8 Å². The third kappa shape index (κ3) is 2.92. The Morgan fingerprint density at radius 1 is 1.65 bits per heavy atom. The van der Waals surface area contributed by atoms with Gasteiger partial charge in [-0.1, -0.05) is 0 Å². The molecule has 2 unspecified atom stereocenters. The van der Waals surface area contributed by atoms with Crippen molar-refractivity contribution in [2.45, 2.75) is 44.1 Å². The Kier molecular flexibility index (Phi) is 3.70. The SMILES string of the molecule is [B][C@H]1CC2OP(=O)([O-])OC[C@]2(COC(C)C)O1. The van der Waals surface area contributed by atoms with Gasteiger partial charge in [0.15, 0.2) is 0 Å². The van der Waals surface area contributed by atoms with Crippen LogP contribution >= 0.6 is 7.82 Å². The molecule has 2 heterocycles. The van der Waals surface area contributed by atoms with E-state index in [-0.39, 0.29) is 19.3 Å². The molecule has 0 amide bonds. The third-order valence-electron chi connectivity index (χ3n) is 2.80. The Labute approximate surface area is 102 Å². The Hall–Kier alpha value is 0.0949. The number of fused-ring (bicyclic) bond motifs is 1. The van der Waals surface area contributed by atoms with Crippen molar-refractivity contribution in [1.29, 1.82) is 0 Å². The predicted octanol–water partition coefficient (Wildman–Crippen LogP) is -0.0511. The fourth-order valence-corrected chi connectivity index (χ4v) is 3.00. The van der Waals surface area contributed by atoms with Crippen LogP contribution in [0.1, 0.15) is 20.3 Å². The number of rotatable bonds is 3. The monoisotopic (exact) mass is 261 g/mol. The average Bonchev–Trinajstić information content (AvgIpc) is 2.50. The zero-order chi connectivity index (χ0) is 12.7. The smallest absolute Gasteiger partial charge is 0.268 e. The van der Waals surface area contributed by atoms with Gasteiger partial charge in [0, 0.05) is 6.00 Å². The minimum absolute atomic E-state index is 0.00596. The van der Waals surface area contributed by atoms with Gasteiger partial charge in [-0.15, -0.1) is 0 Å². The molecule has 0 aliphatic carbocycles. The van der Waals surface area contributed by atoms with Crippen molar-refractivity contribution in [2.75, 3.05) is 13.2 Å². The molecule has 0 aromatic heterocycles. The maximum Gasteiger partial charge on any atom is 0.268 e. The minimum atomic E-state index is -4.21. The molecule has 2 fully saturated rings. The molecular weight excluding hydrogens is 246 g/mol. The van der Waals surface area contributed by atoms with Crippen molar-refractivity contribution in [1.82, 2.24) is 0 Å². The molecule has 0 bridgehead atoms. The second-order valence-electron chi connectivity index (χ2n) is 4.63. The first-order valence-electron chi connectivity index (χ1n) is 5.52. The molecule has 0 N–H and O–H groups in total. The van der Waals surface area contributed by atoms with Crippen molar-refractivity contribution in [3.63, 3.8) is 0 Å². The van der Waals surface area contributed by atoms with E-state index in [0.29, 0.717) is 6.42 Å². The van der Waals surface area contributed by atoms with Crippen LogP contribution in [0, 0.1) is 0 Å². The van der Waals surface area contributed by atoms with Crippen molar-refractivity contribution in [3.05, 3.63) is 0 Å². The van der Waals surface area contributed by atoms with Gasteiger partial charge in [-0.2, -0.15) is 0 Å². The van der Waals surface area contributed by atoms with Gasteiger partial charge in [0.2, 0.25) is 0 Å². The first-order valence-corrected chi connectivity index (χ1v) is 6.98. The van der Waals surface area contributed by atoms with Crippen LogP contribution < -0.4 is 4.89 Å². The molecule has 0 spiro atoms. The maximum atomic E-state index is 11.2. The lowest BCUT2D eigenvalue weighted by Gasteiger charge is -2.42. The number of hydrogen-bond donors (Lipinski definition) is 0. The van der Waals surface area contributed by atoms with E-state index in [4.69, 9.17) is 21.8 Å². The van der Waals surface area contributed by atoms with Crippen LogP contribution in [0.15, 0.2) is 0 Å². The lowest BCUT2D eigenvalue weighted by molar-refractivity contribution is -0.260. The second kappa shape index (κ2) is 4.65. The van der Waals surface area contributed by atoms with Crippen LogP contribution in [-0.4, -0.2) is 44.9 Å². The summed E-state index contributed by atoms with van der Waals surface area (Å²) in [5.74, 6) is 0. The molecule has 8 heteroatoms. The lowest BCUT2D eigenvalue weighted by Crippen LogP contribution is -2.52. The average molecular weight is 261 g/mol. The van der Waals surface area contributed by atoms with E-state index in [1.54, 1.807) is 0 Å². The molecule has 2 saturated heterocycles. The van der Waals surface area contributed by atoms with Gasteiger partial charge in [-0.05, 0) is 20.3 Å². The number of phosphoric acid groups is 1. The summed E-state index contributed by atoms with van der Waals surface area (Å²) < 4.78 is 31.8. The highest BCUT2D eigenvalue weighted by atomic mass is 31.2. The van der Waals surface area contributed by atoms with Crippen molar-refractivity contribution in [3.8, 4) is 0 Å².